The molecule has 0 aliphatic heterocycles. The van der Waals surface area contributed by atoms with Crippen molar-refractivity contribution in [3.63, 3.8) is 0 Å². The van der Waals surface area contributed by atoms with E-state index in [-0.39, 0.29) is 0 Å². The average molecular weight is 271 g/mol. The number of rotatable bonds is 1. The lowest BCUT2D eigenvalue weighted by Crippen LogP contribution is -2.20. The zero-order chi connectivity index (χ0) is 11.9. The Bertz CT molecular complexity index is 355. The van der Waals surface area contributed by atoms with E-state index in [0.717, 1.165) is 0 Å². The first-order valence-corrected chi connectivity index (χ1v) is 4.37. The summed E-state index contributed by atoms with van der Waals surface area (Å²) in [6.07, 6.45) is -4.52. The highest BCUT2D eigenvalue weighted by Crippen LogP contribution is 2.42. The summed E-state index contributed by atoms with van der Waals surface area (Å²) in [5.41, 5.74) is -4.85. The van der Waals surface area contributed by atoms with Crippen LogP contribution in [0.2, 0.25) is 5.02 Å². The molecule has 0 bridgehead atoms. The van der Waals surface area contributed by atoms with Gasteiger partial charge in [0.25, 0.3) is 0 Å². The Hall–Kier alpha value is -0.570. The fourth-order valence-corrected chi connectivity index (χ4v) is 1.55. The molecule has 0 saturated carbocycles. The molecule has 0 spiro atoms. The number of nitrogens with zero attached hydrogens (tertiary/aromatic N) is 2. The van der Waals surface area contributed by atoms with Gasteiger partial charge in [-0.05, 0) is 0 Å². The molecule has 1 heterocycles. The summed E-state index contributed by atoms with van der Waals surface area (Å²) < 4.78 is 71.2. The quantitative estimate of drug-likeness (QED) is 0.573. The van der Waals surface area contributed by atoms with Crippen LogP contribution in [0.4, 0.5) is 26.3 Å². The third kappa shape index (κ3) is 3.20. The van der Waals surface area contributed by atoms with Crippen molar-refractivity contribution in [2.75, 3.05) is 0 Å². The van der Waals surface area contributed by atoms with Crippen LogP contribution in [0.15, 0.2) is 11.2 Å². The maximum atomic E-state index is 12.1. The standard InChI is InChI=1S/C5HClF6N2S/c6-2-1-13-14(4(7,8)9)3(2)15-5(10,11)12/h1H. The van der Waals surface area contributed by atoms with E-state index in [1.165, 1.54) is 0 Å². The summed E-state index contributed by atoms with van der Waals surface area (Å²) in [6, 6.07) is 0. The molecule has 2 nitrogen and oxygen atoms in total. The zero-order valence-electron chi connectivity index (χ0n) is 6.53. The SMILES string of the molecule is FC(F)(F)Sc1c(Cl)cnn1C(F)(F)F. The fraction of sp³-hybridized carbons (Fsp3) is 0.400. The van der Waals surface area contributed by atoms with Gasteiger partial charge < -0.3 is 0 Å². The summed E-state index contributed by atoms with van der Waals surface area (Å²) in [4.78, 5) is 0. The number of alkyl halides is 6. The first-order valence-electron chi connectivity index (χ1n) is 3.18. The minimum Gasteiger partial charge on any atom is -0.171 e. The van der Waals surface area contributed by atoms with E-state index in [2.05, 4.69) is 5.10 Å². The molecule has 0 atom stereocenters. The van der Waals surface area contributed by atoms with Gasteiger partial charge in [0.15, 0.2) is 0 Å². The normalized spacial score (nSPS) is 13.3. The van der Waals surface area contributed by atoms with Gasteiger partial charge in [-0.25, -0.2) is 0 Å². The smallest absolute Gasteiger partial charge is 0.171 e. The average Bonchev–Trinajstić information content (AvgIpc) is 2.28. The Labute approximate surface area is 88.2 Å². The highest BCUT2D eigenvalue weighted by molar-refractivity contribution is 8.00. The summed E-state index contributed by atoms with van der Waals surface area (Å²) >= 11 is 4.19. The molecule has 0 radical (unpaired) electrons. The predicted octanol–water partition coefficient (Wildman–Crippen LogP) is 3.62. The molecule has 1 aromatic rings. The van der Waals surface area contributed by atoms with Gasteiger partial charge >= 0.3 is 11.8 Å². The molecule has 0 amide bonds. The van der Waals surface area contributed by atoms with Gasteiger partial charge in [0, 0.05) is 11.8 Å². The Balaban J connectivity index is 3.11. The van der Waals surface area contributed by atoms with Crippen LogP contribution in [-0.4, -0.2) is 15.3 Å². The topological polar surface area (TPSA) is 17.8 Å². The van der Waals surface area contributed by atoms with Gasteiger partial charge in [-0.2, -0.15) is 23.0 Å². The number of thioether (sulfide) groups is 1. The van der Waals surface area contributed by atoms with Gasteiger partial charge in [-0.1, -0.05) is 11.6 Å². The summed E-state index contributed by atoms with van der Waals surface area (Å²) in [6.45, 7) is 0. The van der Waals surface area contributed by atoms with Crippen LogP contribution in [0.25, 0.3) is 0 Å². The number of hydrogen-bond acceptors (Lipinski definition) is 2. The molecule has 1 aromatic heterocycles. The molecule has 0 aliphatic rings. The molecule has 0 fully saturated rings. The van der Waals surface area contributed by atoms with Crippen LogP contribution >= 0.6 is 23.4 Å². The van der Waals surface area contributed by atoms with Crippen molar-refractivity contribution in [3.05, 3.63) is 11.2 Å². The molecule has 0 unspecified atom stereocenters. The maximum absolute atomic E-state index is 12.1. The summed E-state index contributed by atoms with van der Waals surface area (Å²) in [5, 5.41) is 0.813. The molecular formula is C5HClF6N2S. The molecule has 10 heteroatoms. The second kappa shape index (κ2) is 3.78. The predicted molar refractivity (Wildman–Crippen MR) is 40.4 cm³/mol. The van der Waals surface area contributed by atoms with E-state index in [4.69, 9.17) is 11.6 Å². The molecule has 15 heavy (non-hydrogen) atoms. The Morgan fingerprint density at radius 1 is 1.20 bits per heavy atom. The van der Waals surface area contributed by atoms with Crippen molar-refractivity contribution in [1.29, 1.82) is 0 Å². The van der Waals surface area contributed by atoms with Crippen LogP contribution in [0.1, 0.15) is 0 Å². The number of hydrogen-bond donors (Lipinski definition) is 0. The lowest BCUT2D eigenvalue weighted by Gasteiger charge is -2.11. The zero-order valence-corrected chi connectivity index (χ0v) is 8.10. The van der Waals surface area contributed by atoms with E-state index in [1.54, 1.807) is 0 Å². The van der Waals surface area contributed by atoms with Crippen LogP contribution in [0.5, 0.6) is 0 Å². The van der Waals surface area contributed by atoms with Crippen LogP contribution < -0.4 is 0 Å². The highest BCUT2D eigenvalue weighted by Gasteiger charge is 2.40. The number of halogens is 7. The minimum absolute atomic E-state index is 0.503. The molecule has 0 aliphatic carbocycles. The van der Waals surface area contributed by atoms with E-state index in [9.17, 15) is 26.3 Å². The van der Waals surface area contributed by atoms with Gasteiger partial charge in [0.1, 0.15) is 5.03 Å². The Kier molecular flexibility index (Phi) is 3.15. The molecule has 1 rings (SSSR count). The molecule has 86 valence electrons. The molecule has 0 N–H and O–H groups in total. The lowest BCUT2D eigenvalue weighted by molar-refractivity contribution is -0.217. The molecular weight excluding hydrogens is 270 g/mol. The van der Waals surface area contributed by atoms with Crippen molar-refractivity contribution in [3.8, 4) is 0 Å². The maximum Gasteiger partial charge on any atom is 0.505 e. The second-order valence-electron chi connectivity index (χ2n) is 2.23. The summed E-state index contributed by atoms with van der Waals surface area (Å²) in [5.74, 6) is 0. The van der Waals surface area contributed by atoms with Crippen LogP contribution in [0.3, 0.4) is 0 Å². The van der Waals surface area contributed by atoms with E-state index in [0.29, 0.717) is 6.20 Å². The van der Waals surface area contributed by atoms with Crippen LogP contribution in [-0.2, 0) is 6.30 Å². The van der Waals surface area contributed by atoms with Gasteiger partial charge in [-0.15, -0.1) is 13.2 Å². The van der Waals surface area contributed by atoms with Gasteiger partial charge in [0.05, 0.1) is 11.2 Å². The summed E-state index contributed by atoms with van der Waals surface area (Å²) in [7, 11) is 0. The van der Waals surface area contributed by atoms with Crippen molar-refractivity contribution in [1.82, 2.24) is 9.78 Å². The van der Waals surface area contributed by atoms with Crippen molar-refractivity contribution in [2.24, 2.45) is 0 Å². The van der Waals surface area contributed by atoms with E-state index in [1.807, 2.05) is 0 Å². The number of aromatic nitrogens is 2. The Morgan fingerprint density at radius 3 is 2.13 bits per heavy atom. The van der Waals surface area contributed by atoms with Gasteiger partial charge in [0.2, 0.25) is 0 Å². The monoisotopic (exact) mass is 270 g/mol. The first-order chi connectivity index (χ1) is 6.61. The van der Waals surface area contributed by atoms with Crippen molar-refractivity contribution < 1.29 is 26.3 Å². The molecule has 0 saturated heterocycles. The minimum atomic E-state index is -5.03. The Morgan fingerprint density at radius 2 is 1.73 bits per heavy atom. The highest BCUT2D eigenvalue weighted by atomic mass is 35.5. The van der Waals surface area contributed by atoms with E-state index < -0.39 is 38.3 Å². The third-order valence-electron chi connectivity index (χ3n) is 1.14. The first kappa shape index (κ1) is 12.5. The van der Waals surface area contributed by atoms with Crippen molar-refractivity contribution >= 4 is 23.4 Å². The van der Waals surface area contributed by atoms with Gasteiger partial charge in [-0.3, -0.25) is 0 Å². The van der Waals surface area contributed by atoms with E-state index >= 15 is 0 Å². The second-order valence-corrected chi connectivity index (χ2v) is 3.69. The van der Waals surface area contributed by atoms with Crippen LogP contribution in [0, 0.1) is 0 Å². The third-order valence-corrected chi connectivity index (χ3v) is 2.34. The lowest BCUT2D eigenvalue weighted by atomic mass is 10.7. The molecule has 0 aromatic carbocycles. The largest absolute Gasteiger partial charge is 0.505 e. The van der Waals surface area contributed by atoms with Crippen molar-refractivity contribution in [2.45, 2.75) is 16.8 Å². The fourth-order valence-electron chi connectivity index (χ4n) is 0.699.